The van der Waals surface area contributed by atoms with Gasteiger partial charge in [-0.15, -0.1) is 6.58 Å². The van der Waals surface area contributed by atoms with E-state index in [0.717, 1.165) is 37.2 Å². The molecule has 3 unspecified atom stereocenters. The van der Waals surface area contributed by atoms with Gasteiger partial charge in [-0.05, 0) is 51.5 Å². The summed E-state index contributed by atoms with van der Waals surface area (Å²) in [5.74, 6) is 1.82. The van der Waals surface area contributed by atoms with Gasteiger partial charge in [0.15, 0.2) is 0 Å². The summed E-state index contributed by atoms with van der Waals surface area (Å²) in [5, 5.41) is 0. The van der Waals surface area contributed by atoms with Crippen LogP contribution in [0.2, 0.25) is 0 Å². The maximum Gasteiger partial charge on any atom is 0.0966 e. The lowest BCUT2D eigenvalue weighted by molar-refractivity contribution is 0.0321. The van der Waals surface area contributed by atoms with E-state index in [1.54, 1.807) is 7.11 Å². The molecular formula is C30H51NO2. The zero-order chi connectivity index (χ0) is 25.4. The number of nitrogens with zero attached hydrogens (tertiary/aromatic N) is 1. The van der Waals surface area contributed by atoms with E-state index in [1.165, 1.54) is 11.1 Å². The molecule has 0 aromatic carbocycles. The van der Waals surface area contributed by atoms with Crippen molar-refractivity contribution in [3.05, 3.63) is 60.4 Å². The number of methoxy groups -OCH3 is 1. The van der Waals surface area contributed by atoms with Crippen LogP contribution in [-0.4, -0.2) is 31.6 Å². The average Bonchev–Trinajstić information content (AvgIpc) is 2.78. The molecule has 0 aromatic heterocycles. The maximum atomic E-state index is 6.57. The summed E-state index contributed by atoms with van der Waals surface area (Å²) >= 11 is 0. The molecule has 188 valence electrons. The Morgan fingerprint density at radius 3 is 2.15 bits per heavy atom. The first kappa shape index (κ1) is 31.1. The molecule has 0 saturated heterocycles. The molecule has 0 amide bonds. The molecule has 3 atom stereocenters. The standard InChI is InChI=1S/C30H51NO2/c1-12-16-17-18-19-25(10)31-28(15-4)27(26(14-3)24(9)13-2)21-33-30(23(7)8)20-29(32-11)22(5)6/h12,15-17,20,22-23,27-28,30H,1,4,13-14,18-19,21H2,2-3,5-11H3/b17-16-,26-24+,29-20-,31-25+. The van der Waals surface area contributed by atoms with Crippen LogP contribution in [0.25, 0.3) is 0 Å². The first-order valence-electron chi connectivity index (χ1n) is 12.7. The van der Waals surface area contributed by atoms with Crippen LogP contribution in [0.5, 0.6) is 0 Å². The Hall–Kier alpha value is -1.87. The molecule has 0 aliphatic rings. The second-order valence-electron chi connectivity index (χ2n) is 9.38. The van der Waals surface area contributed by atoms with Gasteiger partial charge in [0, 0.05) is 17.5 Å². The fraction of sp³-hybridized carbons (Fsp3) is 0.633. The van der Waals surface area contributed by atoms with Crippen LogP contribution in [-0.2, 0) is 9.47 Å². The van der Waals surface area contributed by atoms with E-state index in [0.29, 0.717) is 18.4 Å². The van der Waals surface area contributed by atoms with E-state index in [-0.39, 0.29) is 18.1 Å². The normalized spacial score (nSPS) is 16.7. The molecule has 0 fully saturated rings. The van der Waals surface area contributed by atoms with Gasteiger partial charge in [-0.25, -0.2) is 0 Å². The highest BCUT2D eigenvalue weighted by molar-refractivity contribution is 5.82. The van der Waals surface area contributed by atoms with Crippen LogP contribution in [0.1, 0.15) is 81.1 Å². The lowest BCUT2D eigenvalue weighted by Crippen LogP contribution is -2.30. The Balaban J connectivity index is 5.97. The highest BCUT2D eigenvalue weighted by atomic mass is 16.5. The predicted octanol–water partition coefficient (Wildman–Crippen LogP) is 8.50. The minimum atomic E-state index is -0.00975. The first-order chi connectivity index (χ1) is 15.7. The average molecular weight is 458 g/mol. The second kappa shape index (κ2) is 17.6. The Bertz CT molecular complexity index is 694. The summed E-state index contributed by atoms with van der Waals surface area (Å²) in [7, 11) is 1.74. The fourth-order valence-electron chi connectivity index (χ4n) is 3.93. The number of rotatable bonds is 17. The summed E-state index contributed by atoms with van der Waals surface area (Å²) in [5.41, 5.74) is 4.01. The first-order valence-corrected chi connectivity index (χ1v) is 12.7. The smallest absolute Gasteiger partial charge is 0.0966 e. The molecule has 0 aliphatic heterocycles. The zero-order valence-corrected chi connectivity index (χ0v) is 23.0. The summed E-state index contributed by atoms with van der Waals surface area (Å²) in [6, 6.07) is -0.00591. The van der Waals surface area contributed by atoms with Crippen molar-refractivity contribution >= 4 is 5.71 Å². The van der Waals surface area contributed by atoms with Crippen LogP contribution >= 0.6 is 0 Å². The predicted molar refractivity (Wildman–Crippen MR) is 147 cm³/mol. The van der Waals surface area contributed by atoms with Gasteiger partial charge < -0.3 is 9.47 Å². The topological polar surface area (TPSA) is 30.8 Å². The van der Waals surface area contributed by atoms with Gasteiger partial charge >= 0.3 is 0 Å². The molecule has 0 heterocycles. The summed E-state index contributed by atoms with van der Waals surface area (Å²) in [6.07, 6.45) is 14.0. The van der Waals surface area contributed by atoms with Crippen LogP contribution < -0.4 is 0 Å². The van der Waals surface area contributed by atoms with Crippen LogP contribution in [0.4, 0.5) is 0 Å². The largest absolute Gasteiger partial charge is 0.501 e. The zero-order valence-electron chi connectivity index (χ0n) is 23.0. The highest BCUT2D eigenvalue weighted by Crippen LogP contribution is 2.29. The monoisotopic (exact) mass is 457 g/mol. The molecule has 0 aromatic rings. The minimum Gasteiger partial charge on any atom is -0.501 e. The van der Waals surface area contributed by atoms with Gasteiger partial charge in [0.1, 0.15) is 0 Å². The van der Waals surface area contributed by atoms with E-state index >= 15 is 0 Å². The van der Waals surface area contributed by atoms with E-state index in [2.05, 4.69) is 80.7 Å². The number of ether oxygens (including phenoxy) is 2. The molecular weight excluding hydrogens is 406 g/mol. The van der Waals surface area contributed by atoms with Crippen molar-refractivity contribution in [1.29, 1.82) is 0 Å². The molecule has 0 spiro atoms. The molecule has 3 heteroatoms. The number of aliphatic imine (C=N–C) groups is 1. The maximum absolute atomic E-state index is 6.57. The molecule has 0 aliphatic carbocycles. The van der Waals surface area contributed by atoms with E-state index in [4.69, 9.17) is 14.5 Å². The lowest BCUT2D eigenvalue weighted by Gasteiger charge is -2.29. The third-order valence-electron chi connectivity index (χ3n) is 6.13. The Kier molecular flexibility index (Phi) is 16.6. The summed E-state index contributed by atoms with van der Waals surface area (Å²) in [4.78, 5) is 5.09. The van der Waals surface area contributed by atoms with Crippen molar-refractivity contribution in [3.8, 4) is 0 Å². The third-order valence-corrected chi connectivity index (χ3v) is 6.13. The minimum absolute atomic E-state index is 0.00591. The third kappa shape index (κ3) is 11.7. The SMILES string of the molecule is C=C/C=C\CC/C(C)=N/C(C=C)C(COC(/C=C(\OC)C(C)C)C(C)C)/C(CC)=C(\C)CC. The Labute approximate surface area is 205 Å². The van der Waals surface area contributed by atoms with Crippen molar-refractivity contribution in [1.82, 2.24) is 0 Å². The fourth-order valence-corrected chi connectivity index (χ4v) is 3.93. The molecule has 0 rings (SSSR count). The van der Waals surface area contributed by atoms with Crippen molar-refractivity contribution in [2.24, 2.45) is 22.7 Å². The van der Waals surface area contributed by atoms with Gasteiger partial charge in [-0.2, -0.15) is 0 Å². The van der Waals surface area contributed by atoms with E-state index in [1.807, 2.05) is 18.2 Å². The summed E-state index contributed by atoms with van der Waals surface area (Å²) in [6.45, 7) is 26.0. The number of hydrogen-bond acceptors (Lipinski definition) is 3. The van der Waals surface area contributed by atoms with Crippen LogP contribution in [0, 0.1) is 17.8 Å². The highest BCUT2D eigenvalue weighted by Gasteiger charge is 2.26. The summed E-state index contributed by atoms with van der Waals surface area (Å²) < 4.78 is 12.2. The van der Waals surface area contributed by atoms with Crippen LogP contribution in [0.15, 0.2) is 65.4 Å². The van der Waals surface area contributed by atoms with Gasteiger partial charge in [0.2, 0.25) is 0 Å². The molecule has 0 saturated carbocycles. The van der Waals surface area contributed by atoms with Crippen molar-refractivity contribution in [2.75, 3.05) is 13.7 Å². The molecule has 3 nitrogen and oxygen atoms in total. The molecule has 0 N–H and O–H groups in total. The van der Waals surface area contributed by atoms with Gasteiger partial charge in [-0.1, -0.05) is 83.6 Å². The van der Waals surface area contributed by atoms with Crippen molar-refractivity contribution < 1.29 is 9.47 Å². The van der Waals surface area contributed by atoms with Gasteiger partial charge in [-0.3, -0.25) is 4.99 Å². The van der Waals surface area contributed by atoms with E-state index in [9.17, 15) is 0 Å². The number of allylic oxidation sites excluding steroid dienone is 5. The van der Waals surface area contributed by atoms with E-state index < -0.39 is 0 Å². The van der Waals surface area contributed by atoms with Gasteiger partial charge in [0.05, 0.1) is 31.6 Å². The second-order valence-corrected chi connectivity index (χ2v) is 9.38. The van der Waals surface area contributed by atoms with Crippen molar-refractivity contribution in [3.63, 3.8) is 0 Å². The molecule has 0 radical (unpaired) electrons. The van der Waals surface area contributed by atoms with Crippen molar-refractivity contribution in [2.45, 2.75) is 93.2 Å². The molecule has 0 bridgehead atoms. The molecule has 33 heavy (non-hydrogen) atoms. The number of hydrogen-bond donors (Lipinski definition) is 0. The van der Waals surface area contributed by atoms with Crippen LogP contribution in [0.3, 0.4) is 0 Å². The quantitative estimate of drug-likeness (QED) is 0.0948. The Morgan fingerprint density at radius 2 is 1.70 bits per heavy atom. The lowest BCUT2D eigenvalue weighted by atomic mass is 9.86. The van der Waals surface area contributed by atoms with Gasteiger partial charge in [0.25, 0.3) is 0 Å². The Morgan fingerprint density at radius 1 is 1.03 bits per heavy atom.